The smallest absolute Gasteiger partial charge is 0.238 e. The number of hydrogen-bond acceptors (Lipinski definition) is 3. The van der Waals surface area contributed by atoms with Gasteiger partial charge in [0.25, 0.3) is 0 Å². The minimum atomic E-state index is -3.38. The molecule has 20 heavy (non-hydrogen) atoms. The first kappa shape index (κ1) is 14.4. The second-order valence-electron chi connectivity index (χ2n) is 4.28. The maximum atomic E-state index is 12.2. The molecule has 0 aromatic heterocycles. The predicted molar refractivity (Wildman–Crippen MR) is 80.6 cm³/mol. The van der Waals surface area contributed by atoms with Gasteiger partial charge in [0, 0.05) is 7.05 Å². The zero-order valence-electron chi connectivity index (χ0n) is 11.3. The van der Waals surface area contributed by atoms with E-state index in [1.807, 2.05) is 36.4 Å². The fraction of sp³-hybridized carbons (Fsp3) is 0.200. The van der Waals surface area contributed by atoms with Crippen LogP contribution in [0.3, 0.4) is 0 Å². The summed E-state index contributed by atoms with van der Waals surface area (Å²) in [6.07, 6.45) is 0. The molecule has 0 amide bonds. The molecule has 0 saturated heterocycles. The number of rotatable bonds is 6. The summed E-state index contributed by atoms with van der Waals surface area (Å²) < 4.78 is 31.0. The molecule has 0 fully saturated rings. The Balaban J connectivity index is 1.94. The summed E-state index contributed by atoms with van der Waals surface area (Å²) >= 11 is 0. The van der Waals surface area contributed by atoms with Crippen molar-refractivity contribution < 1.29 is 13.2 Å². The van der Waals surface area contributed by atoms with Gasteiger partial charge in [-0.1, -0.05) is 36.4 Å². The standard InChI is InChI=1S/C15H17NO3S/c1-16(14-8-4-2-5-9-14)20(17,18)13-12-19-15-10-6-3-7-11-15/h2-11H,12-13H2,1H3. The Bertz CT molecular complexity index is 627. The zero-order chi connectivity index (χ0) is 14.4. The van der Waals surface area contributed by atoms with Gasteiger partial charge in [0.2, 0.25) is 10.0 Å². The first-order chi connectivity index (χ1) is 9.59. The molecule has 2 aromatic carbocycles. The van der Waals surface area contributed by atoms with Crippen LogP contribution in [0, 0.1) is 0 Å². The van der Waals surface area contributed by atoms with Crippen LogP contribution >= 0.6 is 0 Å². The van der Waals surface area contributed by atoms with Crippen LogP contribution in [0.25, 0.3) is 0 Å². The Morgan fingerprint density at radius 2 is 1.50 bits per heavy atom. The fourth-order valence-electron chi connectivity index (χ4n) is 1.72. The van der Waals surface area contributed by atoms with Crippen molar-refractivity contribution in [2.75, 3.05) is 23.7 Å². The van der Waals surface area contributed by atoms with Crippen molar-refractivity contribution in [2.24, 2.45) is 0 Å². The first-order valence-corrected chi connectivity index (χ1v) is 7.90. The summed E-state index contributed by atoms with van der Waals surface area (Å²) in [4.78, 5) is 0. The van der Waals surface area contributed by atoms with Crippen LogP contribution in [0.5, 0.6) is 5.75 Å². The van der Waals surface area contributed by atoms with Crippen molar-refractivity contribution in [2.45, 2.75) is 0 Å². The van der Waals surface area contributed by atoms with E-state index in [0.29, 0.717) is 11.4 Å². The highest BCUT2D eigenvalue weighted by atomic mass is 32.2. The highest BCUT2D eigenvalue weighted by Gasteiger charge is 2.18. The van der Waals surface area contributed by atoms with E-state index in [0.717, 1.165) is 0 Å². The van der Waals surface area contributed by atoms with Gasteiger partial charge in [0.05, 0.1) is 5.69 Å². The molecule has 0 radical (unpaired) electrons. The quantitative estimate of drug-likeness (QED) is 0.821. The topological polar surface area (TPSA) is 46.6 Å². The summed E-state index contributed by atoms with van der Waals surface area (Å²) in [7, 11) is -1.83. The van der Waals surface area contributed by atoms with E-state index < -0.39 is 10.0 Å². The second kappa shape index (κ2) is 6.43. The minimum Gasteiger partial charge on any atom is -0.492 e. The van der Waals surface area contributed by atoms with Gasteiger partial charge in [-0.2, -0.15) is 0 Å². The van der Waals surface area contributed by atoms with E-state index in [1.54, 1.807) is 31.3 Å². The largest absolute Gasteiger partial charge is 0.492 e. The molecule has 0 aliphatic heterocycles. The fourth-order valence-corrected chi connectivity index (χ4v) is 2.73. The average molecular weight is 291 g/mol. The van der Waals surface area contributed by atoms with Gasteiger partial charge in [0.1, 0.15) is 18.1 Å². The van der Waals surface area contributed by atoms with Crippen molar-refractivity contribution >= 4 is 15.7 Å². The number of nitrogens with zero attached hydrogens (tertiary/aromatic N) is 1. The van der Waals surface area contributed by atoms with E-state index >= 15 is 0 Å². The molecule has 0 N–H and O–H groups in total. The summed E-state index contributed by atoms with van der Waals surface area (Å²) in [6, 6.07) is 18.2. The molecule has 0 spiro atoms. The number of sulfonamides is 1. The average Bonchev–Trinajstić information content (AvgIpc) is 2.48. The Kier molecular flexibility index (Phi) is 4.63. The normalized spacial score (nSPS) is 11.1. The third-order valence-electron chi connectivity index (χ3n) is 2.89. The minimum absolute atomic E-state index is 0.0622. The van der Waals surface area contributed by atoms with E-state index in [4.69, 9.17) is 4.74 Å². The van der Waals surface area contributed by atoms with Crippen LogP contribution in [0.15, 0.2) is 60.7 Å². The highest BCUT2D eigenvalue weighted by molar-refractivity contribution is 7.92. The Morgan fingerprint density at radius 3 is 2.10 bits per heavy atom. The predicted octanol–water partition coefficient (Wildman–Crippen LogP) is 2.53. The van der Waals surface area contributed by atoms with Crippen molar-refractivity contribution in [1.82, 2.24) is 0 Å². The van der Waals surface area contributed by atoms with Gasteiger partial charge in [0.15, 0.2) is 0 Å². The molecule has 0 aliphatic carbocycles. The lowest BCUT2D eigenvalue weighted by atomic mass is 10.3. The molecule has 0 aliphatic rings. The molecule has 0 heterocycles. The summed E-state index contributed by atoms with van der Waals surface area (Å²) in [6.45, 7) is 0.128. The van der Waals surface area contributed by atoms with Gasteiger partial charge in [-0.15, -0.1) is 0 Å². The SMILES string of the molecule is CN(c1ccccc1)S(=O)(=O)CCOc1ccccc1. The molecular weight excluding hydrogens is 274 g/mol. The van der Waals surface area contributed by atoms with Gasteiger partial charge in [-0.25, -0.2) is 8.42 Å². The van der Waals surface area contributed by atoms with Gasteiger partial charge < -0.3 is 4.74 Å². The lowest BCUT2D eigenvalue weighted by Crippen LogP contribution is -2.31. The Labute approximate surface area is 119 Å². The number of hydrogen-bond donors (Lipinski definition) is 0. The third kappa shape index (κ3) is 3.74. The zero-order valence-corrected chi connectivity index (χ0v) is 12.1. The molecule has 0 bridgehead atoms. The molecule has 2 aromatic rings. The Morgan fingerprint density at radius 1 is 0.950 bits per heavy atom. The number of anilines is 1. The number of para-hydroxylation sites is 2. The molecule has 106 valence electrons. The molecular formula is C15H17NO3S. The van der Waals surface area contributed by atoms with Gasteiger partial charge in [-0.05, 0) is 24.3 Å². The molecule has 0 unspecified atom stereocenters. The van der Waals surface area contributed by atoms with Crippen molar-refractivity contribution in [1.29, 1.82) is 0 Å². The lowest BCUT2D eigenvalue weighted by molar-refractivity contribution is 0.341. The number of ether oxygens (including phenoxy) is 1. The van der Waals surface area contributed by atoms with Crippen LogP contribution < -0.4 is 9.04 Å². The van der Waals surface area contributed by atoms with E-state index in [-0.39, 0.29) is 12.4 Å². The molecule has 0 atom stereocenters. The van der Waals surface area contributed by atoms with Crippen LogP contribution in [0.4, 0.5) is 5.69 Å². The maximum absolute atomic E-state index is 12.2. The summed E-state index contributed by atoms with van der Waals surface area (Å²) in [5.74, 6) is 0.609. The monoisotopic (exact) mass is 291 g/mol. The number of benzene rings is 2. The van der Waals surface area contributed by atoms with Crippen LogP contribution in [0.2, 0.25) is 0 Å². The van der Waals surface area contributed by atoms with E-state index in [2.05, 4.69) is 0 Å². The van der Waals surface area contributed by atoms with Crippen molar-refractivity contribution in [3.05, 3.63) is 60.7 Å². The molecule has 0 saturated carbocycles. The maximum Gasteiger partial charge on any atom is 0.238 e. The van der Waals surface area contributed by atoms with Crippen LogP contribution in [-0.2, 0) is 10.0 Å². The molecule has 5 heteroatoms. The summed E-state index contributed by atoms with van der Waals surface area (Å²) in [5.41, 5.74) is 0.646. The van der Waals surface area contributed by atoms with Gasteiger partial charge in [-0.3, -0.25) is 4.31 Å². The van der Waals surface area contributed by atoms with Crippen LogP contribution in [-0.4, -0.2) is 27.8 Å². The van der Waals surface area contributed by atoms with Gasteiger partial charge >= 0.3 is 0 Å². The van der Waals surface area contributed by atoms with E-state index in [1.165, 1.54) is 4.31 Å². The second-order valence-corrected chi connectivity index (χ2v) is 6.40. The molecule has 4 nitrogen and oxygen atoms in total. The highest BCUT2D eigenvalue weighted by Crippen LogP contribution is 2.15. The van der Waals surface area contributed by atoms with Crippen LogP contribution in [0.1, 0.15) is 0 Å². The lowest BCUT2D eigenvalue weighted by Gasteiger charge is -2.19. The Hall–Kier alpha value is -2.01. The third-order valence-corrected chi connectivity index (χ3v) is 4.62. The van der Waals surface area contributed by atoms with E-state index in [9.17, 15) is 8.42 Å². The first-order valence-electron chi connectivity index (χ1n) is 6.29. The van der Waals surface area contributed by atoms with Crippen molar-refractivity contribution in [3.8, 4) is 5.75 Å². The molecule has 2 rings (SSSR count). The van der Waals surface area contributed by atoms with Crippen molar-refractivity contribution in [3.63, 3.8) is 0 Å². The summed E-state index contributed by atoms with van der Waals surface area (Å²) in [5, 5.41) is 0.